The molecule has 0 radical (unpaired) electrons. The molecule has 9 rings (SSSR count). The average molecular weight is 637 g/mol. The number of nitrogens with zero attached hydrogens (tertiary/aromatic N) is 8. The van der Waals surface area contributed by atoms with Crippen molar-refractivity contribution < 1.29 is 0 Å². The van der Waals surface area contributed by atoms with Gasteiger partial charge in [-0.05, 0) is 75.2 Å². The molecule has 0 amide bonds. The smallest absolute Gasteiger partial charge is 0.242 e. The predicted molar refractivity (Wildman–Crippen MR) is 196 cm³/mol. The van der Waals surface area contributed by atoms with E-state index in [4.69, 9.17) is 19.9 Å². The number of aromatic nitrogens is 4. The largest absolute Gasteiger partial charge is 0.302 e. The highest BCUT2D eigenvalue weighted by Crippen LogP contribution is 2.52. The molecule has 0 N–H and O–H groups in total. The van der Waals surface area contributed by atoms with Gasteiger partial charge in [-0.1, -0.05) is 84.9 Å². The number of hydrogen-bond donors (Lipinski definition) is 0. The second-order valence-corrected chi connectivity index (χ2v) is 13.6. The van der Waals surface area contributed by atoms with E-state index >= 15 is 0 Å². The highest BCUT2D eigenvalue weighted by molar-refractivity contribution is 6.22. The molecule has 0 spiro atoms. The first-order valence-corrected chi connectivity index (χ1v) is 16.4. The summed E-state index contributed by atoms with van der Waals surface area (Å²) in [6.07, 6.45) is 0. The van der Waals surface area contributed by atoms with Crippen molar-refractivity contribution in [2.24, 2.45) is 4.99 Å². The third-order valence-corrected chi connectivity index (χ3v) is 10.2. The number of aliphatic imine (C=N–C) groups is 1. The van der Waals surface area contributed by atoms with Crippen LogP contribution < -0.4 is 9.80 Å². The van der Waals surface area contributed by atoms with Gasteiger partial charge in [0.25, 0.3) is 0 Å². The van der Waals surface area contributed by atoms with E-state index in [1.807, 2.05) is 36.4 Å². The van der Waals surface area contributed by atoms with Crippen LogP contribution in [0.3, 0.4) is 0 Å². The summed E-state index contributed by atoms with van der Waals surface area (Å²) in [6.45, 7) is 8.82. The van der Waals surface area contributed by atoms with Gasteiger partial charge in [0.05, 0.1) is 45.1 Å². The van der Waals surface area contributed by atoms with Gasteiger partial charge in [-0.3, -0.25) is 4.57 Å². The number of anilines is 3. The fourth-order valence-electron chi connectivity index (χ4n) is 7.07. The number of rotatable bonds is 4. The van der Waals surface area contributed by atoms with E-state index in [-0.39, 0.29) is 5.54 Å². The molecule has 8 heteroatoms. The van der Waals surface area contributed by atoms with Gasteiger partial charge >= 0.3 is 0 Å². The lowest BCUT2D eigenvalue weighted by molar-refractivity contribution is 0.338. The van der Waals surface area contributed by atoms with E-state index in [1.165, 1.54) is 0 Å². The normalized spacial score (nSPS) is 15.7. The van der Waals surface area contributed by atoms with Gasteiger partial charge in [-0.2, -0.15) is 20.2 Å². The average Bonchev–Trinajstić information content (AvgIpc) is 3.70. The number of nitriles is 1. The van der Waals surface area contributed by atoms with E-state index < -0.39 is 5.54 Å². The Labute approximate surface area is 284 Å². The van der Waals surface area contributed by atoms with Crippen LogP contribution in [0, 0.1) is 11.3 Å². The van der Waals surface area contributed by atoms with Gasteiger partial charge in [-0.25, -0.2) is 9.89 Å². The van der Waals surface area contributed by atoms with Gasteiger partial charge in [0.2, 0.25) is 17.9 Å². The summed E-state index contributed by atoms with van der Waals surface area (Å²) >= 11 is 0. The van der Waals surface area contributed by atoms with Gasteiger partial charge < -0.3 is 4.90 Å². The molecule has 5 aromatic carbocycles. The Balaban J connectivity index is 1.33. The Kier molecular flexibility index (Phi) is 6.09. The molecule has 2 aromatic heterocycles. The topological polar surface area (TPSA) is 86.2 Å². The van der Waals surface area contributed by atoms with E-state index in [0.29, 0.717) is 23.3 Å². The van der Waals surface area contributed by atoms with Crippen LogP contribution in [0.2, 0.25) is 0 Å². The molecule has 7 aromatic rings. The minimum absolute atomic E-state index is 0.353. The van der Waals surface area contributed by atoms with Crippen molar-refractivity contribution in [1.82, 2.24) is 19.5 Å². The van der Waals surface area contributed by atoms with E-state index in [0.717, 1.165) is 55.8 Å². The Morgan fingerprint density at radius 1 is 0.592 bits per heavy atom. The van der Waals surface area contributed by atoms with E-state index in [9.17, 15) is 5.26 Å². The molecule has 8 nitrogen and oxygen atoms in total. The zero-order valence-corrected chi connectivity index (χ0v) is 27.6. The summed E-state index contributed by atoms with van der Waals surface area (Å²) in [7, 11) is 0. The van der Waals surface area contributed by atoms with Crippen molar-refractivity contribution in [3.05, 3.63) is 127 Å². The lowest BCUT2D eigenvalue weighted by Gasteiger charge is -2.39. The molecule has 0 aliphatic carbocycles. The molecule has 0 fully saturated rings. The van der Waals surface area contributed by atoms with Gasteiger partial charge in [0.1, 0.15) is 0 Å². The number of hydrogen-bond acceptors (Lipinski definition) is 7. The fourth-order valence-corrected chi connectivity index (χ4v) is 7.07. The summed E-state index contributed by atoms with van der Waals surface area (Å²) in [5.41, 5.74) is 6.75. The van der Waals surface area contributed by atoms with Crippen LogP contribution in [0.5, 0.6) is 0 Å². The highest BCUT2D eigenvalue weighted by atomic mass is 15.5. The molecular weight excluding hydrogens is 605 g/mol. The van der Waals surface area contributed by atoms with Crippen LogP contribution in [-0.2, 0) is 0 Å². The van der Waals surface area contributed by atoms with Crippen molar-refractivity contribution in [1.29, 1.82) is 5.26 Å². The molecule has 0 bridgehead atoms. The molecule has 0 saturated heterocycles. The van der Waals surface area contributed by atoms with Crippen molar-refractivity contribution >= 4 is 45.1 Å². The first-order valence-electron chi connectivity index (χ1n) is 16.4. The maximum absolute atomic E-state index is 9.76. The summed E-state index contributed by atoms with van der Waals surface area (Å²) < 4.78 is 2.10. The molecule has 0 unspecified atom stereocenters. The standard InChI is InChI=1S/C41H32N8/c1-40(2)41(3,4)49-35-24-28(27-14-6-5-7-15-27)21-22-34(35)48(39(49)46-40)38-44-36(29-16-12-13-26(23-29)25-42)43-37(45-38)47-32-19-10-8-17-30(32)31-18-9-11-20-33(31)47/h5-24H,1-4H3. The third kappa shape index (κ3) is 4.22. The molecule has 0 atom stereocenters. The minimum Gasteiger partial charge on any atom is -0.302 e. The maximum atomic E-state index is 9.76. The lowest BCUT2D eigenvalue weighted by atomic mass is 9.83. The summed E-state index contributed by atoms with van der Waals surface area (Å²) in [6, 6.07) is 43.3. The van der Waals surface area contributed by atoms with Crippen LogP contribution in [0.1, 0.15) is 33.3 Å². The van der Waals surface area contributed by atoms with Crippen LogP contribution >= 0.6 is 0 Å². The van der Waals surface area contributed by atoms with Crippen LogP contribution in [0.15, 0.2) is 126 Å². The number of guanidine groups is 1. The minimum atomic E-state index is -0.409. The Bertz CT molecular complexity index is 2480. The molecule has 4 heterocycles. The number of benzene rings is 5. The molecule has 49 heavy (non-hydrogen) atoms. The van der Waals surface area contributed by atoms with Crippen LogP contribution in [0.4, 0.5) is 17.3 Å². The molecular formula is C41H32N8. The highest BCUT2D eigenvalue weighted by Gasteiger charge is 2.55. The zero-order valence-electron chi connectivity index (χ0n) is 27.6. The summed E-state index contributed by atoms with van der Waals surface area (Å²) in [5.74, 6) is 2.17. The molecule has 2 aliphatic rings. The zero-order chi connectivity index (χ0) is 33.5. The SMILES string of the molecule is CC1(C)N=C2N(c3nc(-c4cccc(C#N)c4)nc(-n4c5ccccc5c5ccccc54)n3)c3ccc(-c4ccccc4)cc3N2C1(C)C. The first kappa shape index (κ1) is 28.9. The lowest BCUT2D eigenvalue weighted by Crippen LogP contribution is -2.53. The predicted octanol–water partition coefficient (Wildman–Crippen LogP) is 9.06. The van der Waals surface area contributed by atoms with Gasteiger partial charge in [0.15, 0.2) is 5.82 Å². The van der Waals surface area contributed by atoms with Gasteiger partial charge in [0, 0.05) is 16.3 Å². The molecule has 0 saturated carbocycles. The summed E-state index contributed by atoms with van der Waals surface area (Å²) in [4.78, 5) is 25.2. The number of para-hydroxylation sites is 2. The summed E-state index contributed by atoms with van der Waals surface area (Å²) in [5, 5.41) is 12.0. The van der Waals surface area contributed by atoms with Crippen molar-refractivity contribution in [2.75, 3.05) is 9.80 Å². The van der Waals surface area contributed by atoms with Crippen molar-refractivity contribution in [2.45, 2.75) is 38.8 Å². The molecule has 236 valence electrons. The van der Waals surface area contributed by atoms with E-state index in [1.54, 1.807) is 6.07 Å². The Morgan fingerprint density at radius 2 is 1.24 bits per heavy atom. The monoisotopic (exact) mass is 636 g/mol. The third-order valence-electron chi connectivity index (χ3n) is 10.2. The molecule has 2 aliphatic heterocycles. The van der Waals surface area contributed by atoms with E-state index in [2.05, 4.69) is 127 Å². The second kappa shape index (κ2) is 10.3. The fraction of sp³-hybridized carbons (Fsp3) is 0.146. The maximum Gasteiger partial charge on any atom is 0.242 e. The van der Waals surface area contributed by atoms with Crippen molar-refractivity contribution in [3.63, 3.8) is 0 Å². The number of fused-ring (bicyclic) bond motifs is 6. The second-order valence-electron chi connectivity index (χ2n) is 13.6. The first-order chi connectivity index (χ1) is 23.7. The van der Waals surface area contributed by atoms with Gasteiger partial charge in [-0.15, -0.1) is 0 Å². The Morgan fingerprint density at radius 3 is 1.96 bits per heavy atom. The quantitative estimate of drug-likeness (QED) is 0.192. The van der Waals surface area contributed by atoms with Crippen LogP contribution in [0.25, 0.3) is 50.3 Å². The Hall–Kier alpha value is -6.33. The van der Waals surface area contributed by atoms with Crippen LogP contribution in [-0.4, -0.2) is 36.6 Å². The van der Waals surface area contributed by atoms with Crippen molar-refractivity contribution in [3.8, 4) is 34.5 Å².